The van der Waals surface area contributed by atoms with Gasteiger partial charge < -0.3 is 20.8 Å². The van der Waals surface area contributed by atoms with Crippen LogP contribution in [0.2, 0.25) is 0 Å². The molecule has 0 spiro atoms. The molecule has 0 amide bonds. The van der Waals surface area contributed by atoms with Crippen LogP contribution in [-0.2, 0) is 4.79 Å². The van der Waals surface area contributed by atoms with Crippen molar-refractivity contribution >= 4 is 26.4 Å². The van der Waals surface area contributed by atoms with E-state index in [2.05, 4.69) is 0 Å². The first-order valence-electron chi connectivity index (χ1n) is 3.05. The first kappa shape index (κ1) is 9.33. The Bertz CT molecular complexity index is 177. The average Bonchev–Trinajstić information content (AvgIpc) is 2.09. The Morgan fingerprint density at radius 2 is 1.82 bits per heavy atom. The number of hydrogen-bond acceptors (Lipinski definition) is 5. The van der Waals surface area contributed by atoms with E-state index in [0.29, 0.717) is 0 Å². The summed E-state index contributed by atoms with van der Waals surface area (Å²) in [5, 5.41) is 21.9. The Kier molecular flexibility index (Phi) is 2.49. The molecule has 0 aliphatic carbocycles. The van der Waals surface area contributed by atoms with E-state index in [1.54, 1.807) is 29.5 Å². The summed E-state index contributed by atoms with van der Waals surface area (Å²) in [5.41, 5.74) is -0.788. The number of nitrogens with zero attached hydrogens (tertiary/aromatic N) is 2. The molecule has 0 radical (unpaired) electrons. The number of carbonyl (C=O) groups excluding carboxylic acids is 1. The van der Waals surface area contributed by atoms with Gasteiger partial charge in [-0.1, -0.05) is 0 Å². The molecule has 0 aromatic rings. The fourth-order valence-corrected chi connectivity index (χ4v) is 1.27. The fraction of sp³-hybridized carbons (Fsp3) is 0.800. The first-order chi connectivity index (χ1) is 4.96. The minimum absolute atomic E-state index is 0.0295. The molecule has 0 unspecified atom stereocenters. The van der Waals surface area contributed by atoms with Crippen LogP contribution in [0, 0.1) is 15.8 Å². The summed E-state index contributed by atoms with van der Waals surface area (Å²) in [5.74, 6) is 0. The van der Waals surface area contributed by atoms with Crippen molar-refractivity contribution in [2.75, 3.05) is 13.1 Å². The van der Waals surface area contributed by atoms with Crippen LogP contribution in [0.1, 0.15) is 6.92 Å². The third kappa shape index (κ3) is 1.70. The lowest BCUT2D eigenvalue weighted by Crippen LogP contribution is -2.28. The summed E-state index contributed by atoms with van der Waals surface area (Å²) in [6, 6.07) is 0. The van der Waals surface area contributed by atoms with Crippen molar-refractivity contribution in [1.29, 1.82) is 0 Å². The second-order valence-electron chi connectivity index (χ2n) is 2.85. The predicted molar refractivity (Wildman–Crippen MR) is 47.3 cm³/mol. The predicted octanol–water partition coefficient (Wildman–Crippen LogP) is 0.483. The second-order valence-corrected chi connectivity index (χ2v) is 3.83. The van der Waals surface area contributed by atoms with Gasteiger partial charge in [0.1, 0.15) is 0 Å². The second kappa shape index (κ2) is 2.94. The van der Waals surface area contributed by atoms with Crippen LogP contribution in [0.3, 0.4) is 0 Å². The number of hydrogen-bond donors (Lipinski definition) is 0. The van der Waals surface area contributed by atoms with E-state index >= 15 is 0 Å². The van der Waals surface area contributed by atoms with E-state index in [0.717, 1.165) is 0 Å². The number of rotatable bonds is 1. The zero-order valence-corrected chi connectivity index (χ0v) is 8.07. The molecular weight excluding hydrogens is 263 g/mol. The highest BCUT2D eigenvalue weighted by Gasteiger charge is 2.37. The lowest BCUT2D eigenvalue weighted by molar-refractivity contribution is -0.116. The molecule has 0 saturated carbocycles. The average molecular weight is 270 g/mol. The first-order valence-corrected chi connectivity index (χ1v) is 4.13. The van der Waals surface area contributed by atoms with Gasteiger partial charge in [-0.15, -0.1) is 0 Å². The number of carbonyl (C=O) groups is 1. The zero-order chi connectivity index (χ0) is 8.65. The summed E-state index contributed by atoms with van der Waals surface area (Å²) < 4.78 is -0.144. The maximum atomic E-state index is 10.9. The van der Waals surface area contributed by atoms with Crippen LogP contribution in [0.4, 0.5) is 0 Å². The molecule has 0 aromatic carbocycles. The topological polar surface area (TPSA) is 69.7 Å². The van der Waals surface area contributed by atoms with Crippen molar-refractivity contribution in [1.82, 2.24) is 10.3 Å². The van der Waals surface area contributed by atoms with Gasteiger partial charge in [-0.05, 0) is 6.92 Å². The summed E-state index contributed by atoms with van der Waals surface area (Å²) in [6.45, 7) is 1.56. The van der Waals surface area contributed by atoms with Crippen LogP contribution in [0.5, 0.6) is 0 Å². The van der Waals surface area contributed by atoms with Crippen molar-refractivity contribution in [3.8, 4) is 0 Å². The van der Waals surface area contributed by atoms with Crippen LogP contribution in [0.15, 0.2) is 0 Å². The molecule has 1 fully saturated rings. The van der Waals surface area contributed by atoms with Crippen molar-refractivity contribution in [3.63, 3.8) is 0 Å². The van der Waals surface area contributed by atoms with E-state index in [9.17, 15) is 15.2 Å². The minimum atomic E-state index is -0.788. The largest absolute Gasteiger partial charge is 0.772 e. The van der Waals surface area contributed by atoms with Gasteiger partial charge in [-0.3, -0.25) is 4.79 Å². The van der Waals surface area contributed by atoms with E-state index in [4.69, 9.17) is 0 Å². The van der Waals surface area contributed by atoms with E-state index in [1.807, 2.05) is 0 Å². The van der Waals surface area contributed by atoms with Crippen LogP contribution in [0.25, 0.3) is 0 Å². The summed E-state index contributed by atoms with van der Waals surface area (Å²) in [7, 11) is 0. The monoisotopic (exact) mass is 270 g/mol. The molecule has 0 atom stereocenters. The van der Waals surface area contributed by atoms with E-state index < -0.39 is 5.41 Å². The molecule has 1 saturated heterocycles. The van der Waals surface area contributed by atoms with Crippen molar-refractivity contribution in [2.24, 2.45) is 5.41 Å². The number of hydrazine groups is 1. The summed E-state index contributed by atoms with van der Waals surface area (Å²) >= 11 is 1.61. The van der Waals surface area contributed by atoms with Crippen LogP contribution < -0.4 is 0 Å². The van der Waals surface area contributed by atoms with Crippen LogP contribution in [-0.4, -0.2) is 27.2 Å². The maximum absolute atomic E-state index is 10.9. The fourth-order valence-electron chi connectivity index (χ4n) is 0.929. The molecule has 64 valence electrons. The molecule has 6 heteroatoms. The van der Waals surface area contributed by atoms with Crippen molar-refractivity contribution in [3.05, 3.63) is 10.4 Å². The van der Waals surface area contributed by atoms with Gasteiger partial charge in [0.2, 0.25) is 3.79 Å². The molecule has 5 nitrogen and oxygen atoms in total. The van der Waals surface area contributed by atoms with Gasteiger partial charge in [-0.2, -0.15) is 0 Å². The SMILES string of the molecule is CC1(C(=O)I)CN([O-])N([O-])C1. The smallest absolute Gasteiger partial charge is 0.200 e. The molecule has 0 aromatic heterocycles. The Labute approximate surface area is 77.6 Å². The Morgan fingerprint density at radius 1 is 1.45 bits per heavy atom. The minimum Gasteiger partial charge on any atom is -0.772 e. The third-order valence-electron chi connectivity index (χ3n) is 1.69. The molecule has 1 rings (SSSR count). The van der Waals surface area contributed by atoms with Gasteiger partial charge in [0, 0.05) is 35.7 Å². The lowest BCUT2D eigenvalue weighted by Gasteiger charge is -2.37. The molecule has 0 N–H and O–H groups in total. The Balaban J connectivity index is 2.71. The maximum Gasteiger partial charge on any atom is 0.200 e. The normalized spacial score (nSPS) is 25.8. The number of halogens is 1. The molecule has 11 heavy (non-hydrogen) atoms. The summed E-state index contributed by atoms with van der Waals surface area (Å²) in [4.78, 5) is 10.9. The highest BCUT2D eigenvalue weighted by molar-refractivity contribution is 14.1. The standard InChI is InChI=1S/C5H7IN2O3/c1-5(4(6)9)2-7(10)8(11)3-5/h2-3H2,1H3/q-2. The van der Waals surface area contributed by atoms with Gasteiger partial charge in [0.25, 0.3) is 0 Å². The highest BCUT2D eigenvalue weighted by atomic mass is 127. The zero-order valence-electron chi connectivity index (χ0n) is 5.91. The molecule has 1 aliphatic heterocycles. The third-order valence-corrected chi connectivity index (χ3v) is 2.99. The van der Waals surface area contributed by atoms with Crippen LogP contribution >= 0.6 is 22.6 Å². The quantitative estimate of drug-likeness (QED) is 0.512. The molecule has 0 bridgehead atoms. The van der Waals surface area contributed by atoms with Crippen molar-refractivity contribution < 1.29 is 4.79 Å². The highest BCUT2D eigenvalue weighted by Crippen LogP contribution is 2.30. The lowest BCUT2D eigenvalue weighted by atomic mass is 9.95. The van der Waals surface area contributed by atoms with Gasteiger partial charge >= 0.3 is 0 Å². The number of hydroxylamine groups is 2. The Morgan fingerprint density at radius 3 is 2.00 bits per heavy atom. The van der Waals surface area contributed by atoms with Gasteiger partial charge in [0.05, 0.1) is 5.41 Å². The molecule has 1 heterocycles. The van der Waals surface area contributed by atoms with Gasteiger partial charge in [0.15, 0.2) is 0 Å². The Hall–Kier alpha value is 0.240. The van der Waals surface area contributed by atoms with E-state index in [1.165, 1.54) is 0 Å². The molecular formula is C5H7IN2O3-2. The molecule has 1 aliphatic rings. The van der Waals surface area contributed by atoms with Gasteiger partial charge in [-0.25, -0.2) is 0 Å². The van der Waals surface area contributed by atoms with Crippen molar-refractivity contribution in [2.45, 2.75) is 6.92 Å². The summed E-state index contributed by atoms with van der Waals surface area (Å²) in [6.07, 6.45) is 0. The van der Waals surface area contributed by atoms with E-state index in [-0.39, 0.29) is 27.2 Å².